The number of amides is 2. The van der Waals surface area contributed by atoms with Crippen molar-refractivity contribution < 1.29 is 19.1 Å². The molecule has 0 aromatic heterocycles. The van der Waals surface area contributed by atoms with Gasteiger partial charge in [0, 0.05) is 38.2 Å². The number of likely N-dealkylation sites (tertiary alicyclic amines) is 2. The van der Waals surface area contributed by atoms with Gasteiger partial charge in [0.05, 0.1) is 6.10 Å². The Morgan fingerprint density at radius 2 is 1.78 bits per heavy atom. The van der Waals surface area contributed by atoms with E-state index in [2.05, 4.69) is 0 Å². The molecular weight excluding hydrogens is 296 g/mol. The minimum Gasteiger partial charge on any atom is -0.444 e. The Morgan fingerprint density at radius 1 is 1.17 bits per heavy atom. The second-order valence-corrected chi connectivity index (χ2v) is 8.24. The highest BCUT2D eigenvalue weighted by Crippen LogP contribution is 2.34. The van der Waals surface area contributed by atoms with Crippen molar-refractivity contribution in [3.05, 3.63) is 0 Å². The van der Waals surface area contributed by atoms with Gasteiger partial charge in [0.25, 0.3) is 0 Å². The molecule has 1 unspecified atom stereocenters. The number of hydrogen-bond donors (Lipinski definition) is 0. The number of carbonyl (C=O) groups is 2. The van der Waals surface area contributed by atoms with Gasteiger partial charge in [-0.15, -0.1) is 0 Å². The SMILES string of the molecule is COC1CN(C(=O)C2CCN(C(=O)OC(C)(C)C)C(C)(C)C2)C1. The van der Waals surface area contributed by atoms with Gasteiger partial charge >= 0.3 is 6.09 Å². The van der Waals surface area contributed by atoms with E-state index in [-0.39, 0.29) is 29.6 Å². The van der Waals surface area contributed by atoms with Crippen molar-refractivity contribution in [1.29, 1.82) is 0 Å². The van der Waals surface area contributed by atoms with Crippen LogP contribution in [-0.4, -0.2) is 65.8 Å². The molecule has 6 heteroatoms. The topological polar surface area (TPSA) is 59.1 Å². The molecule has 0 aromatic carbocycles. The summed E-state index contributed by atoms with van der Waals surface area (Å²) >= 11 is 0. The molecule has 0 aromatic rings. The molecule has 2 heterocycles. The Labute approximate surface area is 139 Å². The third-order valence-electron chi connectivity index (χ3n) is 4.63. The average molecular weight is 326 g/mol. The average Bonchev–Trinajstić information content (AvgIpc) is 2.33. The van der Waals surface area contributed by atoms with E-state index in [0.29, 0.717) is 32.5 Å². The van der Waals surface area contributed by atoms with E-state index in [4.69, 9.17) is 9.47 Å². The maximum absolute atomic E-state index is 12.6. The van der Waals surface area contributed by atoms with Crippen molar-refractivity contribution in [1.82, 2.24) is 9.80 Å². The molecule has 2 rings (SSSR count). The van der Waals surface area contributed by atoms with E-state index >= 15 is 0 Å². The van der Waals surface area contributed by atoms with Gasteiger partial charge in [0.2, 0.25) is 5.91 Å². The summed E-state index contributed by atoms with van der Waals surface area (Å²) in [5.41, 5.74) is -0.890. The van der Waals surface area contributed by atoms with Crippen LogP contribution in [0.25, 0.3) is 0 Å². The van der Waals surface area contributed by atoms with Gasteiger partial charge in [-0.2, -0.15) is 0 Å². The number of piperidine rings is 1. The zero-order chi connectivity index (χ0) is 17.4. The van der Waals surface area contributed by atoms with Crippen LogP contribution >= 0.6 is 0 Å². The molecule has 0 aliphatic carbocycles. The van der Waals surface area contributed by atoms with Gasteiger partial charge in [-0.05, 0) is 47.5 Å². The van der Waals surface area contributed by atoms with Gasteiger partial charge in [0.15, 0.2) is 0 Å². The van der Waals surface area contributed by atoms with Crippen LogP contribution in [0.2, 0.25) is 0 Å². The standard InChI is InChI=1S/C17H30N2O4/c1-16(2,3)23-15(21)19-8-7-12(9-17(19,4)5)14(20)18-10-13(11-18)22-6/h12-13H,7-11H2,1-6H3. The second-order valence-electron chi connectivity index (χ2n) is 8.24. The quantitative estimate of drug-likeness (QED) is 0.781. The fourth-order valence-corrected chi connectivity index (χ4v) is 3.29. The van der Waals surface area contributed by atoms with Crippen LogP contribution in [-0.2, 0) is 14.3 Å². The summed E-state index contributed by atoms with van der Waals surface area (Å²) in [6, 6.07) is 0. The first-order chi connectivity index (χ1) is 10.5. The number of methoxy groups -OCH3 is 1. The summed E-state index contributed by atoms with van der Waals surface area (Å²) in [5, 5.41) is 0. The highest BCUT2D eigenvalue weighted by Gasteiger charge is 2.44. The van der Waals surface area contributed by atoms with Crippen molar-refractivity contribution in [2.45, 2.75) is 64.7 Å². The summed E-state index contributed by atoms with van der Waals surface area (Å²) in [6.07, 6.45) is 1.24. The fraction of sp³-hybridized carbons (Fsp3) is 0.882. The summed E-state index contributed by atoms with van der Waals surface area (Å²) in [4.78, 5) is 28.6. The lowest BCUT2D eigenvalue weighted by Crippen LogP contribution is -2.60. The summed E-state index contributed by atoms with van der Waals surface area (Å²) in [6.45, 7) is 11.5. The molecule has 2 aliphatic rings. The third-order valence-corrected chi connectivity index (χ3v) is 4.63. The van der Waals surface area contributed by atoms with Crippen molar-refractivity contribution in [2.24, 2.45) is 5.92 Å². The first-order valence-corrected chi connectivity index (χ1v) is 8.36. The van der Waals surface area contributed by atoms with Crippen LogP contribution in [0, 0.1) is 5.92 Å². The molecule has 0 saturated carbocycles. The Bertz CT molecular complexity index is 464. The minimum absolute atomic E-state index is 0.0264. The van der Waals surface area contributed by atoms with Crippen LogP contribution < -0.4 is 0 Å². The third kappa shape index (κ3) is 4.16. The van der Waals surface area contributed by atoms with Crippen LogP contribution in [0.5, 0.6) is 0 Å². The number of carbonyl (C=O) groups excluding carboxylic acids is 2. The van der Waals surface area contributed by atoms with Crippen molar-refractivity contribution in [2.75, 3.05) is 26.7 Å². The van der Waals surface area contributed by atoms with Gasteiger partial charge in [-0.1, -0.05) is 0 Å². The fourth-order valence-electron chi connectivity index (χ4n) is 3.29. The molecule has 1 atom stereocenters. The minimum atomic E-state index is -0.507. The van der Waals surface area contributed by atoms with E-state index in [1.165, 1.54) is 0 Å². The first-order valence-electron chi connectivity index (χ1n) is 8.36. The zero-order valence-electron chi connectivity index (χ0n) is 15.2. The lowest BCUT2D eigenvalue weighted by molar-refractivity contribution is -0.150. The van der Waals surface area contributed by atoms with Gasteiger partial charge in [-0.25, -0.2) is 4.79 Å². The first kappa shape index (κ1) is 18.0. The largest absolute Gasteiger partial charge is 0.444 e. The predicted molar refractivity (Wildman–Crippen MR) is 87.1 cm³/mol. The highest BCUT2D eigenvalue weighted by atomic mass is 16.6. The van der Waals surface area contributed by atoms with E-state index in [1.54, 1.807) is 12.0 Å². The van der Waals surface area contributed by atoms with Crippen molar-refractivity contribution in [3.63, 3.8) is 0 Å². The zero-order valence-corrected chi connectivity index (χ0v) is 15.2. The normalized spacial score (nSPS) is 25.0. The highest BCUT2D eigenvalue weighted by molar-refractivity contribution is 5.80. The summed E-state index contributed by atoms with van der Waals surface area (Å²) in [7, 11) is 1.68. The number of ether oxygens (including phenoxy) is 2. The number of rotatable bonds is 2. The van der Waals surface area contributed by atoms with Crippen molar-refractivity contribution in [3.8, 4) is 0 Å². The van der Waals surface area contributed by atoms with E-state index < -0.39 is 5.60 Å². The summed E-state index contributed by atoms with van der Waals surface area (Å²) in [5.74, 6) is 0.164. The molecule has 2 amide bonds. The number of hydrogen-bond acceptors (Lipinski definition) is 4. The van der Waals surface area contributed by atoms with Gasteiger partial charge in [-0.3, -0.25) is 4.79 Å². The monoisotopic (exact) mass is 326 g/mol. The maximum atomic E-state index is 12.6. The van der Waals surface area contributed by atoms with Gasteiger partial charge < -0.3 is 19.3 Å². The molecule has 6 nitrogen and oxygen atoms in total. The van der Waals surface area contributed by atoms with Crippen LogP contribution in [0.1, 0.15) is 47.5 Å². The molecule has 132 valence electrons. The van der Waals surface area contributed by atoms with E-state index in [1.807, 2.05) is 39.5 Å². The molecule has 23 heavy (non-hydrogen) atoms. The van der Waals surface area contributed by atoms with Crippen molar-refractivity contribution >= 4 is 12.0 Å². The molecule has 2 aliphatic heterocycles. The molecular formula is C17H30N2O4. The van der Waals surface area contributed by atoms with Crippen LogP contribution in [0.15, 0.2) is 0 Å². The molecule has 0 bridgehead atoms. The van der Waals surface area contributed by atoms with E-state index in [0.717, 1.165) is 0 Å². The molecule has 0 radical (unpaired) electrons. The van der Waals surface area contributed by atoms with Crippen LogP contribution in [0.3, 0.4) is 0 Å². The predicted octanol–water partition coefficient (Wildman–Crippen LogP) is 2.27. The Balaban J connectivity index is 1.94. The van der Waals surface area contributed by atoms with E-state index in [9.17, 15) is 9.59 Å². The molecule has 0 N–H and O–H groups in total. The molecule has 2 fully saturated rings. The lowest BCUT2D eigenvalue weighted by Gasteiger charge is -2.47. The molecule has 0 spiro atoms. The van der Waals surface area contributed by atoms with Gasteiger partial charge in [0.1, 0.15) is 5.60 Å². The molecule has 2 saturated heterocycles. The smallest absolute Gasteiger partial charge is 0.410 e. The number of nitrogens with zero attached hydrogens (tertiary/aromatic N) is 2. The summed E-state index contributed by atoms with van der Waals surface area (Å²) < 4.78 is 10.7. The Kier molecular flexibility index (Phi) is 4.95. The second kappa shape index (κ2) is 6.30. The Morgan fingerprint density at radius 3 is 2.26 bits per heavy atom. The maximum Gasteiger partial charge on any atom is 0.410 e. The van der Waals surface area contributed by atoms with Crippen LogP contribution in [0.4, 0.5) is 4.79 Å². The lowest BCUT2D eigenvalue weighted by atomic mass is 9.81. The Hall–Kier alpha value is -1.30.